The number of fused-ring (bicyclic) bond motifs is 1. The number of esters is 1. The van der Waals surface area contributed by atoms with Gasteiger partial charge in [0.1, 0.15) is 60.0 Å². The highest BCUT2D eigenvalue weighted by molar-refractivity contribution is 7.98. The van der Waals surface area contributed by atoms with Gasteiger partial charge >= 0.3 is 5.97 Å². The van der Waals surface area contributed by atoms with E-state index in [1.807, 2.05) is 78.9 Å². The molecule has 340 valence electrons. The summed E-state index contributed by atoms with van der Waals surface area (Å²) in [5, 5.41) is 11.0. The van der Waals surface area contributed by atoms with Crippen LogP contribution in [0, 0.1) is 12.3 Å². The number of rotatable bonds is 22. The summed E-state index contributed by atoms with van der Waals surface area (Å²) in [5.74, 6) is 4.58. The van der Waals surface area contributed by atoms with Gasteiger partial charge in [-0.05, 0) is 83.8 Å². The van der Waals surface area contributed by atoms with Crippen molar-refractivity contribution in [2.24, 2.45) is 0 Å². The number of carbonyl (C=O) groups is 2. The van der Waals surface area contributed by atoms with Gasteiger partial charge in [0.15, 0.2) is 0 Å². The molecule has 0 bridgehead atoms. The van der Waals surface area contributed by atoms with Gasteiger partial charge in [-0.15, -0.1) is 22.9 Å². The summed E-state index contributed by atoms with van der Waals surface area (Å²) in [7, 11) is -1.16. The fourth-order valence-corrected chi connectivity index (χ4v) is 10.6. The standard InChI is InChI=1S/C48H46N6O9S3/c1-5-25-62-40-14-10-11-33(26-40)31-64-32-43(46(56)61-6-2)49-45(55)29-54-28-37(51-53-54)30-63-41-23-24-42-44(27-41)65-47(50-42)66(57,58)52-48(34-12-8-7-9-13-34,35-15-19-38(59-3)20-16-35)36-17-21-39(60-4)22-18-36/h1,7-24,26-28,43,52H,6,25,29-32H2,2-4H3,(H,49,55)/t43-/m1/s1. The van der Waals surface area contributed by atoms with E-state index in [1.165, 1.54) is 16.4 Å². The molecular weight excluding hydrogens is 901 g/mol. The Morgan fingerprint density at radius 1 is 0.848 bits per heavy atom. The van der Waals surface area contributed by atoms with Crippen molar-refractivity contribution in [3.63, 3.8) is 0 Å². The highest BCUT2D eigenvalue weighted by atomic mass is 32.2. The average molecular weight is 947 g/mol. The summed E-state index contributed by atoms with van der Waals surface area (Å²) in [6.45, 7) is 1.82. The lowest BCUT2D eigenvalue weighted by Gasteiger charge is -2.36. The number of benzene rings is 5. The number of ether oxygens (including phenoxy) is 5. The first-order valence-corrected chi connectivity index (χ1v) is 24.0. The van der Waals surface area contributed by atoms with Crippen LogP contribution in [0.3, 0.4) is 0 Å². The zero-order valence-electron chi connectivity index (χ0n) is 36.2. The minimum Gasteiger partial charge on any atom is -0.497 e. The van der Waals surface area contributed by atoms with Crippen LogP contribution in [0.4, 0.5) is 0 Å². The number of terminal acetylenes is 1. The molecule has 0 saturated heterocycles. The third kappa shape index (κ3) is 11.5. The van der Waals surface area contributed by atoms with Crippen LogP contribution < -0.4 is 29.0 Å². The van der Waals surface area contributed by atoms with Crippen molar-refractivity contribution in [3.8, 4) is 35.3 Å². The van der Waals surface area contributed by atoms with Gasteiger partial charge in [0.05, 0.1) is 37.2 Å². The third-order valence-corrected chi connectivity index (χ3v) is 14.0. The topological polar surface area (TPSA) is 182 Å². The highest BCUT2D eigenvalue weighted by Gasteiger charge is 2.42. The zero-order chi connectivity index (χ0) is 46.5. The molecule has 18 heteroatoms. The largest absolute Gasteiger partial charge is 0.497 e. The number of aromatic nitrogens is 4. The molecule has 2 aromatic heterocycles. The maximum absolute atomic E-state index is 14.6. The number of thioether (sulfide) groups is 1. The second kappa shape index (κ2) is 21.8. The molecule has 0 aliphatic rings. The summed E-state index contributed by atoms with van der Waals surface area (Å²) in [6, 6.07) is 35.5. The van der Waals surface area contributed by atoms with E-state index in [4.69, 9.17) is 30.1 Å². The normalized spacial score (nSPS) is 11.9. The molecule has 15 nitrogen and oxygen atoms in total. The Hall–Kier alpha value is -6.91. The molecule has 2 heterocycles. The number of nitrogens with one attached hydrogen (secondary N) is 2. The lowest BCUT2D eigenvalue weighted by molar-refractivity contribution is -0.146. The molecule has 0 aliphatic carbocycles. The monoisotopic (exact) mass is 946 g/mol. The van der Waals surface area contributed by atoms with Crippen molar-refractivity contribution < 1.29 is 41.7 Å². The molecule has 7 rings (SSSR count). The first-order valence-electron chi connectivity index (χ1n) is 20.5. The molecule has 0 spiro atoms. The molecule has 1 amide bonds. The molecule has 0 saturated carbocycles. The van der Waals surface area contributed by atoms with Gasteiger partial charge in [-0.1, -0.05) is 77.9 Å². The van der Waals surface area contributed by atoms with Gasteiger partial charge in [0.2, 0.25) is 10.2 Å². The van der Waals surface area contributed by atoms with Crippen LogP contribution in [0.25, 0.3) is 10.2 Å². The number of carbonyl (C=O) groups excluding carboxylic acids is 2. The van der Waals surface area contributed by atoms with Gasteiger partial charge in [-0.3, -0.25) is 4.79 Å². The second-order valence-electron chi connectivity index (χ2n) is 14.5. The maximum Gasteiger partial charge on any atom is 0.329 e. The van der Waals surface area contributed by atoms with E-state index in [-0.39, 0.29) is 36.5 Å². The first kappa shape index (κ1) is 47.1. The maximum atomic E-state index is 14.6. The minimum absolute atomic E-state index is 0.000968. The first-order chi connectivity index (χ1) is 32.0. The number of amides is 1. The van der Waals surface area contributed by atoms with Gasteiger partial charge in [0, 0.05) is 11.5 Å². The van der Waals surface area contributed by atoms with E-state index < -0.39 is 33.5 Å². The van der Waals surface area contributed by atoms with Gasteiger partial charge < -0.3 is 29.0 Å². The molecule has 0 unspecified atom stereocenters. The molecular formula is C48H46N6O9S3. The summed E-state index contributed by atoms with van der Waals surface area (Å²) < 4.78 is 61.6. The smallest absolute Gasteiger partial charge is 0.329 e. The van der Waals surface area contributed by atoms with Crippen LogP contribution in [-0.2, 0) is 48.8 Å². The lowest BCUT2D eigenvalue weighted by atomic mass is 9.78. The van der Waals surface area contributed by atoms with Gasteiger partial charge in [0.25, 0.3) is 10.0 Å². The quantitative estimate of drug-likeness (QED) is 0.0414. The third-order valence-electron chi connectivity index (χ3n) is 10.1. The SMILES string of the molecule is C#CCOc1cccc(CSC[C@@H](NC(=O)Cn2cc(COc3ccc4nc(S(=O)(=O)NC(c5ccccc5)(c5ccc(OC)cc5)c5ccc(OC)cc5)sc4c3)nn2)C(=O)OCC)c1. The van der Waals surface area contributed by atoms with Gasteiger partial charge in [-0.2, -0.15) is 16.5 Å². The van der Waals surface area contributed by atoms with Gasteiger partial charge in [-0.25, -0.2) is 22.9 Å². The van der Waals surface area contributed by atoms with Crippen molar-refractivity contribution >= 4 is 55.2 Å². The Balaban J connectivity index is 1.02. The molecule has 66 heavy (non-hydrogen) atoms. The Kier molecular flexibility index (Phi) is 15.6. The van der Waals surface area contributed by atoms with Crippen LogP contribution >= 0.6 is 23.1 Å². The van der Waals surface area contributed by atoms with Crippen LogP contribution in [0.5, 0.6) is 23.0 Å². The molecule has 5 aromatic carbocycles. The highest BCUT2D eigenvalue weighted by Crippen LogP contribution is 2.40. The average Bonchev–Trinajstić information content (AvgIpc) is 3.99. The number of hydrogen-bond donors (Lipinski definition) is 2. The molecule has 7 aromatic rings. The van der Waals surface area contributed by atoms with Crippen molar-refractivity contribution in [1.29, 1.82) is 0 Å². The van der Waals surface area contributed by atoms with E-state index in [9.17, 15) is 18.0 Å². The van der Waals surface area contributed by atoms with Crippen molar-refractivity contribution in [2.75, 3.05) is 33.2 Å². The Morgan fingerprint density at radius 2 is 1.52 bits per heavy atom. The molecule has 0 aliphatic heterocycles. The van der Waals surface area contributed by atoms with E-state index >= 15 is 0 Å². The molecule has 0 fully saturated rings. The van der Waals surface area contributed by atoms with Crippen molar-refractivity contribution in [1.82, 2.24) is 30.0 Å². The van der Waals surface area contributed by atoms with E-state index in [1.54, 1.807) is 69.8 Å². The number of thiazole rings is 1. The van der Waals surface area contributed by atoms with E-state index in [2.05, 4.69) is 31.3 Å². The predicted octanol–water partition coefficient (Wildman–Crippen LogP) is 6.75. The summed E-state index contributed by atoms with van der Waals surface area (Å²) >= 11 is 2.46. The molecule has 2 N–H and O–H groups in total. The fraction of sp³-hybridized carbons (Fsp3) is 0.229. The van der Waals surface area contributed by atoms with Crippen LogP contribution in [0.2, 0.25) is 0 Å². The summed E-state index contributed by atoms with van der Waals surface area (Å²) in [6.07, 6.45) is 6.86. The molecule has 1 atom stereocenters. The predicted molar refractivity (Wildman–Crippen MR) is 252 cm³/mol. The number of sulfonamides is 1. The fourth-order valence-electron chi connectivity index (χ4n) is 6.96. The zero-order valence-corrected chi connectivity index (χ0v) is 38.7. The Morgan fingerprint density at radius 3 is 2.18 bits per heavy atom. The summed E-state index contributed by atoms with van der Waals surface area (Å²) in [5.41, 5.74) is 2.44. The minimum atomic E-state index is -4.30. The number of methoxy groups -OCH3 is 2. The summed E-state index contributed by atoms with van der Waals surface area (Å²) in [4.78, 5) is 30.4. The van der Waals surface area contributed by atoms with Crippen molar-refractivity contribution in [3.05, 3.63) is 155 Å². The number of nitrogens with zero attached hydrogens (tertiary/aromatic N) is 4. The number of hydrogen-bond acceptors (Lipinski definition) is 14. The van der Waals surface area contributed by atoms with Crippen LogP contribution in [0.1, 0.15) is 34.9 Å². The van der Waals surface area contributed by atoms with E-state index in [0.717, 1.165) is 16.9 Å². The Bertz CT molecular complexity index is 2850. The van der Waals surface area contributed by atoms with Crippen LogP contribution in [0.15, 0.2) is 132 Å². The van der Waals surface area contributed by atoms with E-state index in [0.29, 0.717) is 61.4 Å². The lowest BCUT2D eigenvalue weighted by Crippen LogP contribution is -2.47. The Labute approximate surface area is 390 Å². The molecule has 0 radical (unpaired) electrons. The second-order valence-corrected chi connectivity index (χ2v) is 18.4. The van der Waals surface area contributed by atoms with Crippen LogP contribution in [-0.4, -0.2) is 79.5 Å². The van der Waals surface area contributed by atoms with Crippen molar-refractivity contribution in [2.45, 2.75) is 41.7 Å².